The van der Waals surface area contributed by atoms with Crippen molar-refractivity contribution in [2.24, 2.45) is 0 Å². The molecular weight excluding hydrogens is 1970 g/mol. The van der Waals surface area contributed by atoms with Crippen LogP contribution in [0.3, 0.4) is 0 Å². The summed E-state index contributed by atoms with van der Waals surface area (Å²) >= 11 is 0. The average Bonchev–Trinajstić information content (AvgIpc) is 1.68. The molecule has 0 aliphatic carbocycles. The fraction of sp³-hybridized carbons (Fsp3) is 0.298. The Bertz CT molecular complexity index is 7190. The monoisotopic (exact) mass is 2070 g/mol. The smallest absolute Gasteiger partial charge is 0.359 e. The van der Waals surface area contributed by atoms with Crippen LogP contribution in [0.1, 0.15) is 94.5 Å². The van der Waals surface area contributed by atoms with Crippen LogP contribution in [0.15, 0.2) is 214 Å². The van der Waals surface area contributed by atoms with Crippen LogP contribution in [0.2, 0.25) is 0 Å². The first-order valence-electron chi connectivity index (χ1n) is 44.6. The molecule has 15 aromatic rings. The SMILES string of the molecule is CCC(=O)OCOP(=O)(COCCn1cnc2c(=O)[nH]c(N)nc21)OCc1ccccc1.COc1cc(C(=O)COP(=O)(COCCn2cnc3c(=O)[nH]c(N)nc32)OCc2ccc(C)cc2)ccc1C.Cc1ccc(COP(=O)(COCCn2cnc3c(=O)[nH]c(N)nc32)OCC(=O)c2ccc(C)cc2)cc1.Cc1ccc(COP(=O)(COCCn2cnc3c(=O)[nH]c(N)nc32)OCC(=O)c2ccc(F)cc2)cc1. The van der Waals surface area contributed by atoms with Crippen molar-refractivity contribution in [3.8, 4) is 5.75 Å². The molecule has 145 heavy (non-hydrogen) atoms. The molecule has 0 aliphatic heterocycles. The topological polar surface area (TPSA) is 624 Å². The van der Waals surface area contributed by atoms with E-state index in [2.05, 4.69) is 59.8 Å². The number of aryl methyl sites for hydroxylation is 5. The lowest BCUT2D eigenvalue weighted by Crippen LogP contribution is -2.14. The van der Waals surface area contributed by atoms with Gasteiger partial charge >= 0.3 is 36.4 Å². The van der Waals surface area contributed by atoms with Gasteiger partial charge in [-0.05, 0) is 92.8 Å². The second-order valence-electron chi connectivity index (χ2n) is 32.1. The number of aromatic nitrogens is 16. The van der Waals surface area contributed by atoms with E-state index in [1.165, 1.54) is 44.6 Å². The number of nitrogens with one attached hydrogen (secondary N) is 4. The van der Waals surface area contributed by atoms with Crippen molar-refractivity contribution in [1.82, 2.24) is 78.1 Å². The number of nitrogens with zero attached hydrogens (tertiary/aromatic N) is 12. The van der Waals surface area contributed by atoms with E-state index < -0.39 is 109 Å². The van der Waals surface area contributed by atoms with Gasteiger partial charge in [-0.1, -0.05) is 169 Å². The molecule has 0 aliphatic rings. The predicted molar refractivity (Wildman–Crippen MR) is 532 cm³/mol. The quantitative estimate of drug-likeness (QED) is 0.00577. The lowest BCUT2D eigenvalue weighted by molar-refractivity contribution is -0.150. The van der Waals surface area contributed by atoms with Crippen LogP contribution in [-0.4, -0.2) is 187 Å². The number of fused-ring (bicyclic) bond motifs is 4. The molecule has 0 spiro atoms. The number of halogens is 1. The van der Waals surface area contributed by atoms with Gasteiger partial charge in [0, 0.05) is 49.3 Å². The molecule has 0 saturated carbocycles. The number of nitrogen functional groups attached to an aromatic ring is 4. The maximum absolute atomic E-state index is 13.6. The number of ketones is 3. The van der Waals surface area contributed by atoms with Gasteiger partial charge in [0.2, 0.25) is 30.6 Å². The summed E-state index contributed by atoms with van der Waals surface area (Å²) in [6.45, 7) is 10.7. The summed E-state index contributed by atoms with van der Waals surface area (Å²) in [6, 6.07) is 48.6. The highest BCUT2D eigenvalue weighted by molar-refractivity contribution is 7.54. The zero-order chi connectivity index (χ0) is 104. The number of aromatic amines is 4. The summed E-state index contributed by atoms with van der Waals surface area (Å²) in [5.41, 5.74) is 31.7. The third-order valence-corrected chi connectivity index (χ3v) is 27.1. The van der Waals surface area contributed by atoms with E-state index in [0.29, 0.717) is 33.8 Å². The Hall–Kier alpha value is -14.2. The predicted octanol–water partition coefficient (Wildman–Crippen LogP) is 12.7. The van der Waals surface area contributed by atoms with Gasteiger partial charge in [-0.2, -0.15) is 19.9 Å². The average molecular weight is 2080 g/mol. The van der Waals surface area contributed by atoms with Crippen molar-refractivity contribution in [3.05, 3.63) is 309 Å². The standard InChI is InChI=1S/C26H30N5O7P.C25H28N5O6P.C24H25FN5O6P.C19H24N5O7P/c1-17-4-7-19(8-5-17)13-37-39(34,38-14-21(32)20-9-6-18(2)22(12-20)35-3)16-36-11-10-31-15-28-23-24(31)29-26(27)30-25(23)33;1-17-3-7-19(8-4-17)13-35-37(33,36-14-21(31)20-9-5-18(2)6-10-20)16-34-12-11-30-15-27-22-23(30)28-25(26)29-24(22)32;1-16-2-4-17(5-3-16)12-35-37(33,36-13-20(31)18-6-8-19(25)9-7-18)15-34-11-10-30-14-27-21-22(30)28-24(26)29-23(21)32;1-2-15(25)29-12-31-32(27,30-10-14-6-4-3-5-7-14)13-28-9-8-24-11-21-16-17(24)22-19(20)23-18(16)26/h4-9,12,15H,10-11,13-14,16H2,1-3H3,(H3,27,29,30,33);3-10,15H,11-14,16H2,1-2H3,(H3,26,28,29,32);2-9,14H,10-13,15H2,1H3,(H3,26,28,29,32);3-7,11H,2,8-10,12-13H2,1H3,(H3,20,22,23,26). The third kappa shape index (κ3) is 32.9. The third-order valence-electron chi connectivity index (χ3n) is 21.0. The van der Waals surface area contributed by atoms with Gasteiger partial charge in [0.15, 0.2) is 62.0 Å². The summed E-state index contributed by atoms with van der Waals surface area (Å²) < 4.78 is 150. The number of ether oxygens (including phenoxy) is 6. The minimum absolute atomic E-state index is 0.00555. The van der Waals surface area contributed by atoms with Gasteiger partial charge in [-0.15, -0.1) is 0 Å². The van der Waals surface area contributed by atoms with Crippen LogP contribution in [0.5, 0.6) is 5.75 Å². The fourth-order valence-corrected chi connectivity index (χ4v) is 17.9. The Morgan fingerprint density at radius 3 is 0.959 bits per heavy atom. The van der Waals surface area contributed by atoms with Crippen molar-refractivity contribution in [2.75, 3.05) is 108 Å². The number of anilines is 4. The number of benzene rings is 7. The normalized spacial score (nSPS) is 13.0. The number of rotatable bonds is 49. The van der Waals surface area contributed by atoms with Crippen LogP contribution in [0.4, 0.5) is 28.2 Å². The largest absolute Gasteiger partial charge is 0.496 e. The van der Waals surface area contributed by atoms with E-state index >= 15 is 0 Å². The van der Waals surface area contributed by atoms with Crippen molar-refractivity contribution in [1.29, 1.82) is 0 Å². The van der Waals surface area contributed by atoms with Gasteiger partial charge in [0.25, 0.3) is 22.2 Å². The molecule has 0 bridgehead atoms. The molecule has 0 amide bonds. The van der Waals surface area contributed by atoms with Crippen molar-refractivity contribution < 1.29 is 106 Å². The number of Topliss-reactive ketones (excluding diaryl/α,β-unsaturated/α-hetero) is 3. The van der Waals surface area contributed by atoms with Crippen molar-refractivity contribution >= 4 is 122 Å². The number of imidazole rings is 4. The molecule has 0 radical (unpaired) electrons. The lowest BCUT2D eigenvalue weighted by Gasteiger charge is -2.19. The number of carbonyl (C=O) groups excluding carboxylic acids is 4. The maximum Gasteiger partial charge on any atom is 0.359 e. The van der Waals surface area contributed by atoms with E-state index in [-0.39, 0.29) is 167 Å². The second-order valence-corrected chi connectivity index (χ2v) is 40.1. The number of hydrogen-bond donors (Lipinski definition) is 8. The van der Waals surface area contributed by atoms with Crippen molar-refractivity contribution in [2.45, 2.75) is 101 Å². The van der Waals surface area contributed by atoms with Gasteiger partial charge < -0.3 is 87.7 Å². The molecule has 4 atom stereocenters. The first-order valence-corrected chi connectivity index (χ1v) is 51.5. The molecule has 12 N–H and O–H groups in total. The van der Waals surface area contributed by atoms with Crippen LogP contribution in [0, 0.1) is 40.4 Å². The molecule has 15 rings (SSSR count). The van der Waals surface area contributed by atoms with E-state index in [1.807, 2.05) is 150 Å². The molecule has 0 saturated heterocycles. The molecule has 51 heteroatoms. The van der Waals surface area contributed by atoms with Gasteiger partial charge in [0.05, 0.1) is 85.3 Å². The van der Waals surface area contributed by atoms with Gasteiger partial charge in [-0.3, -0.25) is 94.6 Å². The summed E-state index contributed by atoms with van der Waals surface area (Å²) in [6.07, 6.45) is 4.33. The molecular formula is C94H107FN20O26P4. The van der Waals surface area contributed by atoms with E-state index in [4.69, 9.17) is 87.5 Å². The molecule has 766 valence electrons. The first kappa shape index (κ1) is 110. The van der Waals surface area contributed by atoms with Gasteiger partial charge in [0.1, 0.15) is 56.8 Å². The summed E-state index contributed by atoms with van der Waals surface area (Å²) in [5.74, 6) is -1.74. The van der Waals surface area contributed by atoms with Crippen LogP contribution in [0.25, 0.3) is 44.7 Å². The number of esters is 1. The molecule has 0 fully saturated rings. The Kier molecular flexibility index (Phi) is 39.6. The molecule has 8 heterocycles. The molecule has 46 nitrogen and oxygen atoms in total. The minimum atomic E-state index is -3.88. The first-order chi connectivity index (χ1) is 69.5. The Morgan fingerprint density at radius 2 is 0.648 bits per heavy atom. The van der Waals surface area contributed by atoms with E-state index in [0.717, 1.165) is 62.2 Å². The van der Waals surface area contributed by atoms with Crippen molar-refractivity contribution in [3.63, 3.8) is 0 Å². The molecule has 4 unspecified atom stereocenters. The zero-order valence-electron chi connectivity index (χ0n) is 79.8. The highest BCUT2D eigenvalue weighted by atomic mass is 31.2. The highest BCUT2D eigenvalue weighted by Gasteiger charge is 2.33. The van der Waals surface area contributed by atoms with E-state index in [9.17, 15) is 61.0 Å². The second kappa shape index (κ2) is 52.3. The number of H-pyrrole nitrogens is 4. The zero-order valence-corrected chi connectivity index (χ0v) is 83.4. The Morgan fingerprint density at radius 1 is 0.366 bits per heavy atom. The number of hydrogen-bond acceptors (Lipinski definition) is 38. The van der Waals surface area contributed by atoms with Crippen LogP contribution < -0.4 is 49.9 Å². The summed E-state index contributed by atoms with van der Waals surface area (Å²) in [5, 5.41) is 0. The summed E-state index contributed by atoms with van der Waals surface area (Å²) in [7, 11) is -13.8. The van der Waals surface area contributed by atoms with E-state index in [1.54, 1.807) is 55.5 Å². The van der Waals surface area contributed by atoms with Gasteiger partial charge in [-0.25, -0.2) is 24.3 Å². The Labute approximate surface area is 826 Å². The lowest BCUT2D eigenvalue weighted by atomic mass is 10.1. The molecule has 8 aromatic heterocycles. The summed E-state index contributed by atoms with van der Waals surface area (Å²) in [4.78, 5) is 139. The fourth-order valence-electron chi connectivity index (χ4n) is 13.0. The number of nitrogens with two attached hydrogens (primary N) is 4. The van der Waals surface area contributed by atoms with Crippen LogP contribution >= 0.6 is 30.4 Å². The maximum atomic E-state index is 13.6. The Balaban J connectivity index is 0.000000173. The highest BCUT2D eigenvalue weighted by Crippen LogP contribution is 2.52. The van der Waals surface area contributed by atoms with Crippen LogP contribution in [-0.2, 0) is 136 Å². The minimum Gasteiger partial charge on any atom is -0.496 e. The number of carbonyl (C=O) groups is 4. The number of methoxy groups -OCH3 is 1. The molecule has 7 aromatic carbocycles.